The topological polar surface area (TPSA) is 49.8 Å². The summed E-state index contributed by atoms with van der Waals surface area (Å²) < 4.78 is 6.74. The maximum atomic E-state index is 11.7. The lowest BCUT2D eigenvalue weighted by Crippen LogP contribution is -2.54. The van der Waals surface area contributed by atoms with Crippen molar-refractivity contribution in [2.24, 2.45) is 45.3 Å². The third-order valence-electron chi connectivity index (χ3n) is 12.7. The standard InChI is InChI=1S/C28H45NO3.H2S/c1-17(30)29(5)15-18-6-7-20-22(32-18)14-21-19-8-9-23-25(2,3)24(31)10-11-28(23)16-27(19,28)13-12-26(20,21)4;/h18-24,31H,6-16H2,1-5H3;1H2/t18?,19?,20?,21?,22?,23?,24-,26?,27?,28?;/m0./s1. The minimum Gasteiger partial charge on any atom is -0.393 e. The van der Waals surface area contributed by atoms with Crippen molar-refractivity contribution in [3.8, 4) is 0 Å². The van der Waals surface area contributed by atoms with Gasteiger partial charge in [-0.25, -0.2) is 0 Å². The molecule has 9 unspecified atom stereocenters. The molecule has 188 valence electrons. The highest BCUT2D eigenvalue weighted by Crippen LogP contribution is 2.87. The number of aliphatic hydroxyl groups excluding tert-OH is 1. The van der Waals surface area contributed by atoms with Crippen LogP contribution in [0.5, 0.6) is 0 Å². The molecule has 1 amide bonds. The zero-order valence-electron chi connectivity index (χ0n) is 21.5. The van der Waals surface area contributed by atoms with E-state index in [9.17, 15) is 9.90 Å². The van der Waals surface area contributed by atoms with Gasteiger partial charge in [-0.2, -0.15) is 13.5 Å². The Hall–Kier alpha value is -0.260. The van der Waals surface area contributed by atoms with Crippen molar-refractivity contribution in [1.82, 2.24) is 4.90 Å². The van der Waals surface area contributed by atoms with Crippen molar-refractivity contribution >= 4 is 19.4 Å². The first-order chi connectivity index (χ1) is 15.0. The monoisotopic (exact) mass is 477 g/mol. The number of fused-ring (bicyclic) bond motifs is 4. The first-order valence-corrected chi connectivity index (χ1v) is 13.6. The highest BCUT2D eigenvalue weighted by Gasteiger charge is 2.80. The summed E-state index contributed by atoms with van der Waals surface area (Å²) >= 11 is 0. The van der Waals surface area contributed by atoms with Gasteiger partial charge in [0, 0.05) is 20.5 Å². The Balaban J connectivity index is 0.00000228. The van der Waals surface area contributed by atoms with Gasteiger partial charge in [0.05, 0.1) is 18.3 Å². The number of carbonyl (C=O) groups excluding carboxylic acids is 1. The smallest absolute Gasteiger partial charge is 0.219 e. The number of carbonyl (C=O) groups is 1. The van der Waals surface area contributed by atoms with E-state index in [0.29, 0.717) is 34.2 Å². The van der Waals surface area contributed by atoms with Crippen molar-refractivity contribution in [3.63, 3.8) is 0 Å². The number of aliphatic hydroxyl groups is 1. The molecule has 1 heterocycles. The number of rotatable bonds is 2. The molecular formula is C28H47NO3S. The van der Waals surface area contributed by atoms with Crippen molar-refractivity contribution in [2.45, 2.75) is 110 Å². The van der Waals surface area contributed by atoms with Crippen molar-refractivity contribution < 1.29 is 14.6 Å². The van der Waals surface area contributed by atoms with Gasteiger partial charge < -0.3 is 14.7 Å². The molecule has 0 radical (unpaired) electrons. The van der Waals surface area contributed by atoms with E-state index in [2.05, 4.69) is 20.8 Å². The summed E-state index contributed by atoms with van der Waals surface area (Å²) in [6.45, 7) is 9.74. The van der Waals surface area contributed by atoms with Gasteiger partial charge in [0.1, 0.15) is 0 Å². The molecule has 1 aliphatic heterocycles. The van der Waals surface area contributed by atoms with Crippen LogP contribution in [0.2, 0.25) is 0 Å². The second-order valence-electron chi connectivity index (χ2n) is 13.8. The van der Waals surface area contributed by atoms with Gasteiger partial charge in [-0.3, -0.25) is 4.79 Å². The summed E-state index contributed by atoms with van der Waals surface area (Å²) in [6, 6.07) is 0. The zero-order valence-corrected chi connectivity index (χ0v) is 22.5. The van der Waals surface area contributed by atoms with E-state index >= 15 is 0 Å². The maximum absolute atomic E-state index is 11.7. The predicted molar refractivity (Wildman–Crippen MR) is 135 cm³/mol. The van der Waals surface area contributed by atoms with Crippen LogP contribution in [-0.4, -0.2) is 47.8 Å². The van der Waals surface area contributed by atoms with Crippen molar-refractivity contribution in [1.29, 1.82) is 0 Å². The van der Waals surface area contributed by atoms with Crippen LogP contribution in [-0.2, 0) is 9.53 Å². The molecule has 0 aromatic carbocycles. The number of nitrogens with zero attached hydrogens (tertiary/aromatic N) is 1. The molecule has 6 fully saturated rings. The third-order valence-corrected chi connectivity index (χ3v) is 12.7. The lowest BCUT2D eigenvalue weighted by Gasteiger charge is -2.59. The SMILES string of the molecule is CC(=O)N(C)CC1CCC2C(CC3C4CCC5C(C)(C)[C@@H](O)CCC56CC46CCC23C)O1.S. The molecule has 1 saturated heterocycles. The van der Waals surface area contributed by atoms with Gasteiger partial charge in [0.2, 0.25) is 5.91 Å². The van der Waals surface area contributed by atoms with E-state index in [-0.39, 0.29) is 37.0 Å². The highest BCUT2D eigenvalue weighted by atomic mass is 32.1. The Kier molecular flexibility index (Phi) is 5.64. The van der Waals surface area contributed by atoms with Crippen LogP contribution in [0.25, 0.3) is 0 Å². The van der Waals surface area contributed by atoms with E-state index in [4.69, 9.17) is 4.74 Å². The summed E-state index contributed by atoms with van der Waals surface area (Å²) in [5.74, 6) is 3.24. The van der Waals surface area contributed by atoms with E-state index in [0.717, 1.165) is 31.2 Å². The second kappa shape index (κ2) is 7.62. The highest BCUT2D eigenvalue weighted by molar-refractivity contribution is 7.59. The second-order valence-corrected chi connectivity index (χ2v) is 13.8. The molecule has 1 N–H and O–H groups in total. The lowest BCUT2D eigenvalue weighted by molar-refractivity contribution is -0.138. The molecule has 0 bridgehead atoms. The zero-order chi connectivity index (χ0) is 22.7. The van der Waals surface area contributed by atoms with Gasteiger partial charge >= 0.3 is 0 Å². The number of amides is 1. The fourth-order valence-corrected chi connectivity index (χ4v) is 10.9. The molecule has 6 aliphatic rings. The average Bonchev–Trinajstić information content (AvgIpc) is 3.32. The third kappa shape index (κ3) is 3.06. The molecule has 0 aromatic rings. The number of likely N-dealkylation sites (N-methyl/N-ethyl adjacent to an activating group) is 1. The summed E-state index contributed by atoms with van der Waals surface area (Å²) in [5, 5.41) is 10.8. The van der Waals surface area contributed by atoms with E-state index in [1.165, 1.54) is 51.4 Å². The van der Waals surface area contributed by atoms with Crippen LogP contribution in [0.3, 0.4) is 0 Å². The molecule has 5 heteroatoms. The summed E-state index contributed by atoms with van der Waals surface area (Å²) in [7, 11) is 1.91. The van der Waals surface area contributed by atoms with Gasteiger partial charge in [-0.15, -0.1) is 0 Å². The fraction of sp³-hybridized carbons (Fsp3) is 0.964. The Morgan fingerprint density at radius 1 is 0.970 bits per heavy atom. The molecule has 5 saturated carbocycles. The molecule has 6 rings (SSSR count). The van der Waals surface area contributed by atoms with Gasteiger partial charge in [0.25, 0.3) is 0 Å². The Morgan fingerprint density at radius 3 is 2.42 bits per heavy atom. The van der Waals surface area contributed by atoms with Crippen LogP contribution >= 0.6 is 13.5 Å². The van der Waals surface area contributed by atoms with Gasteiger partial charge in [-0.1, -0.05) is 20.8 Å². The Morgan fingerprint density at radius 2 is 1.70 bits per heavy atom. The normalized spacial score (nSPS) is 53.3. The fourth-order valence-electron chi connectivity index (χ4n) is 10.9. The minimum absolute atomic E-state index is 0. The first kappa shape index (κ1) is 24.4. The summed E-state index contributed by atoms with van der Waals surface area (Å²) in [4.78, 5) is 13.6. The number of ether oxygens (including phenoxy) is 1. The molecule has 4 nitrogen and oxygen atoms in total. The molecule has 0 aromatic heterocycles. The van der Waals surface area contributed by atoms with E-state index in [1.54, 1.807) is 6.92 Å². The van der Waals surface area contributed by atoms with Crippen LogP contribution < -0.4 is 0 Å². The van der Waals surface area contributed by atoms with Crippen molar-refractivity contribution in [2.75, 3.05) is 13.6 Å². The number of hydrogen-bond acceptors (Lipinski definition) is 3. The van der Waals surface area contributed by atoms with Gasteiger partial charge in [-0.05, 0) is 110 Å². The van der Waals surface area contributed by atoms with E-state index < -0.39 is 0 Å². The van der Waals surface area contributed by atoms with Crippen LogP contribution in [0.4, 0.5) is 0 Å². The van der Waals surface area contributed by atoms with Crippen LogP contribution in [0.15, 0.2) is 0 Å². The Bertz CT molecular complexity index is 817. The first-order valence-electron chi connectivity index (χ1n) is 13.6. The average molecular weight is 478 g/mol. The minimum atomic E-state index is -0.117. The largest absolute Gasteiger partial charge is 0.393 e. The number of hydrogen-bond donors (Lipinski definition) is 1. The van der Waals surface area contributed by atoms with Crippen LogP contribution in [0, 0.1) is 45.3 Å². The molecule has 5 aliphatic carbocycles. The lowest BCUT2D eigenvalue weighted by atomic mass is 9.46. The molecule has 2 spiro atoms. The molecule has 10 atom stereocenters. The van der Waals surface area contributed by atoms with E-state index in [1.807, 2.05) is 11.9 Å². The molecular weight excluding hydrogens is 430 g/mol. The quantitative estimate of drug-likeness (QED) is 0.599. The summed E-state index contributed by atoms with van der Waals surface area (Å²) in [6.07, 6.45) is 13.4. The van der Waals surface area contributed by atoms with Crippen LogP contribution in [0.1, 0.15) is 91.9 Å². The maximum Gasteiger partial charge on any atom is 0.219 e. The van der Waals surface area contributed by atoms with Crippen molar-refractivity contribution in [3.05, 3.63) is 0 Å². The predicted octanol–water partition coefficient (Wildman–Crippen LogP) is 5.14. The molecule has 33 heavy (non-hydrogen) atoms. The summed E-state index contributed by atoms with van der Waals surface area (Å²) in [5.41, 5.74) is 1.62. The Labute approximate surface area is 208 Å². The van der Waals surface area contributed by atoms with Gasteiger partial charge in [0.15, 0.2) is 0 Å².